The Labute approximate surface area is 121 Å². The van der Waals surface area contributed by atoms with Gasteiger partial charge in [0, 0.05) is 30.4 Å². The smallest absolute Gasteiger partial charge is 0.125 e. The monoisotopic (exact) mass is 278 g/mol. The first-order valence-corrected chi connectivity index (χ1v) is 7.34. The fourth-order valence-corrected chi connectivity index (χ4v) is 2.95. The number of nitrogens with zero attached hydrogens (tertiary/aromatic N) is 1. The number of aliphatic hydroxyl groups is 1. The summed E-state index contributed by atoms with van der Waals surface area (Å²) in [6.45, 7) is 5.70. The number of hydrogen-bond acceptors (Lipinski definition) is 4. The lowest BCUT2D eigenvalue weighted by Gasteiger charge is -2.28. The lowest BCUT2D eigenvalue weighted by atomic mass is 9.98. The summed E-state index contributed by atoms with van der Waals surface area (Å²) in [7, 11) is 1.68. The van der Waals surface area contributed by atoms with Crippen LogP contribution in [-0.2, 0) is 0 Å². The summed E-state index contributed by atoms with van der Waals surface area (Å²) in [5.74, 6) is 0.841. The fourth-order valence-electron chi connectivity index (χ4n) is 2.95. The summed E-state index contributed by atoms with van der Waals surface area (Å²) < 4.78 is 5.45. The van der Waals surface area contributed by atoms with Crippen LogP contribution in [0.1, 0.15) is 44.7 Å². The van der Waals surface area contributed by atoms with Crippen molar-refractivity contribution in [2.24, 2.45) is 5.73 Å². The largest absolute Gasteiger partial charge is 0.496 e. The number of methoxy groups -OCH3 is 1. The molecule has 0 aromatic heterocycles. The van der Waals surface area contributed by atoms with E-state index in [1.165, 1.54) is 0 Å². The number of anilines is 1. The Bertz CT molecular complexity index is 458. The molecule has 112 valence electrons. The van der Waals surface area contributed by atoms with E-state index in [0.717, 1.165) is 49.4 Å². The van der Waals surface area contributed by atoms with Crippen molar-refractivity contribution in [2.75, 3.05) is 25.1 Å². The normalized spacial score (nSPS) is 25.1. The second-order valence-corrected chi connectivity index (χ2v) is 6.02. The van der Waals surface area contributed by atoms with Gasteiger partial charge in [0.15, 0.2) is 0 Å². The van der Waals surface area contributed by atoms with Crippen LogP contribution in [0.4, 0.5) is 5.69 Å². The molecule has 1 aromatic carbocycles. The van der Waals surface area contributed by atoms with E-state index in [1.54, 1.807) is 7.11 Å². The third kappa shape index (κ3) is 3.25. The van der Waals surface area contributed by atoms with Gasteiger partial charge >= 0.3 is 0 Å². The van der Waals surface area contributed by atoms with Crippen LogP contribution in [0, 0.1) is 0 Å². The minimum atomic E-state index is -0.553. The van der Waals surface area contributed by atoms with Crippen LogP contribution in [0.5, 0.6) is 5.75 Å². The van der Waals surface area contributed by atoms with Crippen LogP contribution in [0.2, 0.25) is 0 Å². The molecule has 1 heterocycles. The molecule has 1 aromatic rings. The first-order valence-electron chi connectivity index (χ1n) is 7.34. The number of benzene rings is 1. The Hall–Kier alpha value is -1.26. The SMILES string of the molecule is COc1cccc(N2CCCC(C)(O)CC2)c1[C@H](C)N. The molecule has 3 N–H and O–H groups in total. The molecule has 2 atom stereocenters. The molecule has 4 heteroatoms. The van der Waals surface area contributed by atoms with Gasteiger partial charge < -0.3 is 20.5 Å². The maximum atomic E-state index is 10.2. The van der Waals surface area contributed by atoms with Crippen molar-refractivity contribution in [3.63, 3.8) is 0 Å². The first kappa shape index (κ1) is 15.1. The van der Waals surface area contributed by atoms with Gasteiger partial charge in [-0.25, -0.2) is 0 Å². The van der Waals surface area contributed by atoms with Gasteiger partial charge in [0.05, 0.1) is 12.7 Å². The molecule has 2 rings (SSSR count). The quantitative estimate of drug-likeness (QED) is 0.891. The molecule has 0 spiro atoms. The van der Waals surface area contributed by atoms with E-state index in [1.807, 2.05) is 26.0 Å². The van der Waals surface area contributed by atoms with Crippen molar-refractivity contribution in [1.29, 1.82) is 0 Å². The Morgan fingerprint density at radius 2 is 2.10 bits per heavy atom. The third-order valence-corrected chi connectivity index (χ3v) is 4.12. The highest BCUT2D eigenvalue weighted by Gasteiger charge is 2.27. The van der Waals surface area contributed by atoms with Crippen LogP contribution in [0.25, 0.3) is 0 Å². The number of rotatable bonds is 3. The van der Waals surface area contributed by atoms with Gasteiger partial charge in [-0.2, -0.15) is 0 Å². The van der Waals surface area contributed by atoms with E-state index in [-0.39, 0.29) is 6.04 Å². The van der Waals surface area contributed by atoms with Crippen LogP contribution in [-0.4, -0.2) is 30.9 Å². The third-order valence-electron chi connectivity index (χ3n) is 4.12. The topological polar surface area (TPSA) is 58.7 Å². The van der Waals surface area contributed by atoms with Crippen molar-refractivity contribution in [2.45, 2.75) is 44.8 Å². The van der Waals surface area contributed by atoms with Crippen LogP contribution >= 0.6 is 0 Å². The van der Waals surface area contributed by atoms with E-state index in [9.17, 15) is 5.11 Å². The molecule has 0 radical (unpaired) electrons. The number of nitrogens with two attached hydrogens (primary N) is 1. The minimum absolute atomic E-state index is 0.0788. The molecule has 1 saturated heterocycles. The molecular formula is C16H26N2O2. The summed E-state index contributed by atoms with van der Waals surface area (Å²) in [6.07, 6.45) is 2.62. The van der Waals surface area contributed by atoms with E-state index in [0.29, 0.717) is 0 Å². The van der Waals surface area contributed by atoms with Gasteiger partial charge in [-0.05, 0) is 45.2 Å². The molecular weight excluding hydrogens is 252 g/mol. The van der Waals surface area contributed by atoms with E-state index in [4.69, 9.17) is 10.5 Å². The zero-order valence-corrected chi connectivity index (χ0v) is 12.7. The predicted molar refractivity (Wildman–Crippen MR) is 82.3 cm³/mol. The Kier molecular flexibility index (Phi) is 4.55. The summed E-state index contributed by atoms with van der Waals surface area (Å²) in [4.78, 5) is 2.32. The van der Waals surface area contributed by atoms with Crippen molar-refractivity contribution in [1.82, 2.24) is 0 Å². The Balaban J connectivity index is 2.32. The molecule has 0 saturated carbocycles. The van der Waals surface area contributed by atoms with Crippen molar-refractivity contribution >= 4 is 5.69 Å². The molecule has 0 amide bonds. The lowest BCUT2D eigenvalue weighted by Crippen LogP contribution is -2.29. The highest BCUT2D eigenvalue weighted by atomic mass is 16.5. The summed E-state index contributed by atoms with van der Waals surface area (Å²) in [5.41, 5.74) is 7.77. The van der Waals surface area contributed by atoms with E-state index >= 15 is 0 Å². The summed E-state index contributed by atoms with van der Waals surface area (Å²) in [5, 5.41) is 10.2. The molecule has 1 aliphatic heterocycles. The Morgan fingerprint density at radius 1 is 1.35 bits per heavy atom. The highest BCUT2D eigenvalue weighted by molar-refractivity contribution is 5.60. The number of ether oxygens (including phenoxy) is 1. The highest BCUT2D eigenvalue weighted by Crippen LogP contribution is 2.35. The second-order valence-electron chi connectivity index (χ2n) is 6.02. The zero-order valence-electron chi connectivity index (χ0n) is 12.7. The molecule has 1 aliphatic rings. The van der Waals surface area contributed by atoms with Crippen LogP contribution < -0.4 is 15.4 Å². The maximum Gasteiger partial charge on any atom is 0.125 e. The van der Waals surface area contributed by atoms with E-state index < -0.39 is 5.60 Å². The molecule has 0 aliphatic carbocycles. The van der Waals surface area contributed by atoms with Crippen LogP contribution in [0.15, 0.2) is 18.2 Å². The van der Waals surface area contributed by atoms with Crippen LogP contribution in [0.3, 0.4) is 0 Å². The first-order chi connectivity index (χ1) is 9.44. The average Bonchev–Trinajstić information content (AvgIpc) is 2.58. The average molecular weight is 278 g/mol. The van der Waals surface area contributed by atoms with Gasteiger partial charge in [-0.1, -0.05) is 6.07 Å². The van der Waals surface area contributed by atoms with Crippen molar-refractivity contribution in [3.05, 3.63) is 23.8 Å². The standard InChI is InChI=1S/C16H26N2O2/c1-12(17)15-13(6-4-7-14(15)20-3)18-10-5-8-16(2,19)9-11-18/h4,6-7,12,19H,5,8-11,17H2,1-3H3/t12-,16?/m0/s1. The van der Waals surface area contributed by atoms with Gasteiger partial charge in [0.1, 0.15) is 5.75 Å². The maximum absolute atomic E-state index is 10.2. The van der Waals surface area contributed by atoms with Gasteiger partial charge in [0.2, 0.25) is 0 Å². The lowest BCUT2D eigenvalue weighted by molar-refractivity contribution is 0.0481. The molecule has 20 heavy (non-hydrogen) atoms. The summed E-state index contributed by atoms with van der Waals surface area (Å²) >= 11 is 0. The number of hydrogen-bond donors (Lipinski definition) is 2. The zero-order chi connectivity index (χ0) is 14.8. The predicted octanol–water partition coefficient (Wildman–Crippen LogP) is 2.46. The summed E-state index contributed by atoms with van der Waals surface area (Å²) in [6, 6.07) is 5.98. The van der Waals surface area contributed by atoms with Gasteiger partial charge in [-0.3, -0.25) is 0 Å². The minimum Gasteiger partial charge on any atom is -0.496 e. The van der Waals surface area contributed by atoms with Crippen molar-refractivity contribution < 1.29 is 9.84 Å². The second kappa shape index (κ2) is 6.02. The molecule has 1 fully saturated rings. The van der Waals surface area contributed by atoms with Gasteiger partial charge in [0.25, 0.3) is 0 Å². The molecule has 4 nitrogen and oxygen atoms in total. The Morgan fingerprint density at radius 3 is 2.75 bits per heavy atom. The van der Waals surface area contributed by atoms with E-state index in [2.05, 4.69) is 11.0 Å². The molecule has 1 unspecified atom stereocenters. The van der Waals surface area contributed by atoms with Gasteiger partial charge in [-0.15, -0.1) is 0 Å². The van der Waals surface area contributed by atoms with Crippen molar-refractivity contribution in [3.8, 4) is 5.75 Å². The molecule has 0 bridgehead atoms. The fraction of sp³-hybridized carbons (Fsp3) is 0.625.